The van der Waals surface area contributed by atoms with Crippen LogP contribution in [0.3, 0.4) is 0 Å². The molecule has 0 unspecified atom stereocenters. The Labute approximate surface area is 207 Å². The lowest BCUT2D eigenvalue weighted by Crippen LogP contribution is -2.35. The quantitative estimate of drug-likeness (QED) is 0.503. The molecule has 4 rings (SSSR count). The Morgan fingerprint density at radius 1 is 1.11 bits per heavy atom. The number of halogens is 4. The van der Waals surface area contributed by atoms with Crippen molar-refractivity contribution in [2.24, 2.45) is 5.92 Å². The summed E-state index contributed by atoms with van der Waals surface area (Å²) >= 11 is 0. The first-order valence-corrected chi connectivity index (χ1v) is 13.7. The zero-order valence-corrected chi connectivity index (χ0v) is 20.6. The number of carbonyl (C=O) groups excluding carboxylic acids is 1. The summed E-state index contributed by atoms with van der Waals surface area (Å²) < 4.78 is 84.9. The Hall–Kier alpha value is -2.66. The third-order valence-electron chi connectivity index (χ3n) is 6.54. The third-order valence-corrected chi connectivity index (χ3v) is 7.09. The van der Waals surface area contributed by atoms with Gasteiger partial charge >= 0.3 is 6.18 Å². The van der Waals surface area contributed by atoms with Crippen LogP contribution in [-0.2, 0) is 22.7 Å². The van der Waals surface area contributed by atoms with Crippen LogP contribution in [0.5, 0.6) is 5.75 Å². The lowest BCUT2D eigenvalue weighted by Gasteiger charge is -2.32. The van der Waals surface area contributed by atoms with E-state index < -0.39 is 33.5 Å². The maximum Gasteiger partial charge on any atom is 0.416 e. The van der Waals surface area contributed by atoms with E-state index in [1.54, 1.807) is 10.8 Å². The molecule has 1 heterocycles. The topological polar surface area (TPSA) is 75.7 Å². The van der Waals surface area contributed by atoms with Crippen molar-refractivity contribution in [1.82, 2.24) is 9.62 Å². The Bertz CT molecular complexity index is 1220. The highest BCUT2D eigenvalue weighted by molar-refractivity contribution is 7.89. The van der Waals surface area contributed by atoms with E-state index >= 15 is 0 Å². The average molecular weight is 529 g/mol. The smallest absolute Gasteiger partial charge is 0.416 e. The number of hydrogen-bond acceptors (Lipinski definition) is 5. The van der Waals surface area contributed by atoms with E-state index in [0.717, 1.165) is 44.1 Å². The fourth-order valence-corrected chi connectivity index (χ4v) is 4.95. The van der Waals surface area contributed by atoms with E-state index in [9.17, 15) is 30.8 Å². The molecule has 0 radical (unpaired) electrons. The van der Waals surface area contributed by atoms with Crippen LogP contribution in [0.15, 0.2) is 36.4 Å². The monoisotopic (exact) mass is 528 g/mol. The molecule has 1 saturated carbocycles. The van der Waals surface area contributed by atoms with Crippen LogP contribution < -0.4 is 9.46 Å². The molecule has 1 aliphatic carbocycles. The number of hydrogen-bond donors (Lipinski definition) is 1. The highest BCUT2D eigenvalue weighted by Gasteiger charge is 2.34. The molecule has 11 heteroatoms. The fourth-order valence-electron chi connectivity index (χ4n) is 4.50. The number of nitrogens with zero attached hydrogens (tertiary/aromatic N) is 1. The Morgan fingerprint density at radius 3 is 2.39 bits per heavy atom. The molecule has 2 aliphatic rings. The number of carbonyl (C=O) groups is 1. The molecule has 2 fully saturated rings. The van der Waals surface area contributed by atoms with Crippen LogP contribution in [0.4, 0.5) is 17.6 Å². The molecule has 0 spiro atoms. The van der Waals surface area contributed by atoms with Crippen molar-refractivity contribution in [2.45, 2.75) is 44.3 Å². The van der Waals surface area contributed by atoms with E-state index in [2.05, 4.69) is 0 Å². The van der Waals surface area contributed by atoms with Crippen molar-refractivity contribution in [3.05, 3.63) is 64.5 Å². The van der Waals surface area contributed by atoms with Gasteiger partial charge in [0.2, 0.25) is 10.0 Å². The first kappa shape index (κ1) is 26.4. The minimum Gasteiger partial charge on any atom is -0.493 e. The van der Waals surface area contributed by atoms with Crippen LogP contribution in [0.1, 0.15) is 58.6 Å². The molecule has 1 aliphatic heterocycles. The molecule has 2 aromatic rings. The van der Waals surface area contributed by atoms with Crippen LogP contribution >= 0.6 is 0 Å². The molecule has 6 nitrogen and oxygen atoms in total. The van der Waals surface area contributed by atoms with Gasteiger partial charge in [0.05, 0.1) is 24.0 Å². The summed E-state index contributed by atoms with van der Waals surface area (Å²) in [7, 11) is -3.83. The van der Waals surface area contributed by atoms with E-state index in [0.29, 0.717) is 31.0 Å². The SMILES string of the molecule is CS(=O)(=O)NC(=O)c1cc(C2CC2)c(OCC2CCN(Cc3ccccc3C(F)(F)F)CC2)cc1F. The lowest BCUT2D eigenvalue weighted by atomic mass is 9.96. The molecule has 1 amide bonds. The van der Waals surface area contributed by atoms with Crippen molar-refractivity contribution in [2.75, 3.05) is 26.0 Å². The van der Waals surface area contributed by atoms with Crippen molar-refractivity contribution in [3.8, 4) is 5.75 Å². The van der Waals surface area contributed by atoms with Crippen LogP contribution in [0.2, 0.25) is 0 Å². The normalized spacial score (nSPS) is 17.7. The van der Waals surface area contributed by atoms with Gasteiger partial charge < -0.3 is 4.74 Å². The molecule has 2 aromatic carbocycles. The molecule has 0 atom stereocenters. The second kappa shape index (κ2) is 10.4. The van der Waals surface area contributed by atoms with Gasteiger partial charge in [0.15, 0.2) is 0 Å². The van der Waals surface area contributed by atoms with Crippen LogP contribution in [0.25, 0.3) is 0 Å². The highest BCUT2D eigenvalue weighted by atomic mass is 32.2. The molecule has 36 heavy (non-hydrogen) atoms. The standard InChI is InChI=1S/C25H28F4N2O4S/c1-36(33,34)30-24(32)20-12-19(17-6-7-17)23(13-22(20)26)35-15-16-8-10-31(11-9-16)14-18-4-2-3-5-21(18)25(27,28)29/h2-5,12-13,16-17H,6-11,14-15H2,1H3,(H,30,32). The van der Waals surface area contributed by atoms with Gasteiger partial charge in [-0.05, 0) is 73.9 Å². The van der Waals surface area contributed by atoms with E-state index in [-0.39, 0.29) is 29.5 Å². The number of rotatable bonds is 8. The van der Waals surface area contributed by atoms with Crippen molar-refractivity contribution < 1.29 is 35.5 Å². The van der Waals surface area contributed by atoms with Crippen molar-refractivity contribution >= 4 is 15.9 Å². The summed E-state index contributed by atoms with van der Waals surface area (Å²) in [5.74, 6) is -1.27. The molecular formula is C25H28F4N2O4S. The first-order valence-electron chi connectivity index (χ1n) is 11.8. The largest absolute Gasteiger partial charge is 0.493 e. The molecule has 0 bridgehead atoms. The fraction of sp³-hybridized carbons (Fsp3) is 0.480. The van der Waals surface area contributed by atoms with E-state index in [1.165, 1.54) is 18.2 Å². The van der Waals surface area contributed by atoms with Crippen molar-refractivity contribution in [1.29, 1.82) is 0 Å². The number of sulfonamides is 1. The van der Waals surface area contributed by atoms with Gasteiger partial charge in [0.25, 0.3) is 5.91 Å². The van der Waals surface area contributed by atoms with Crippen molar-refractivity contribution in [3.63, 3.8) is 0 Å². The predicted molar refractivity (Wildman–Crippen MR) is 126 cm³/mol. The lowest BCUT2D eigenvalue weighted by molar-refractivity contribution is -0.138. The molecular weight excluding hydrogens is 500 g/mol. The Balaban J connectivity index is 1.36. The minimum absolute atomic E-state index is 0.126. The van der Waals surface area contributed by atoms with Crippen LogP contribution in [-0.4, -0.2) is 45.2 Å². The van der Waals surface area contributed by atoms with Gasteiger partial charge in [-0.2, -0.15) is 13.2 Å². The molecule has 0 aromatic heterocycles. The van der Waals surface area contributed by atoms with Gasteiger partial charge in [-0.25, -0.2) is 17.5 Å². The summed E-state index contributed by atoms with van der Waals surface area (Å²) in [5.41, 5.74) is -0.0265. The number of benzene rings is 2. The Morgan fingerprint density at radius 2 is 1.78 bits per heavy atom. The van der Waals surface area contributed by atoms with E-state index in [1.807, 2.05) is 4.90 Å². The number of amides is 1. The van der Waals surface area contributed by atoms with E-state index in [4.69, 9.17) is 4.74 Å². The molecule has 1 saturated heterocycles. The number of likely N-dealkylation sites (tertiary alicyclic amines) is 1. The summed E-state index contributed by atoms with van der Waals surface area (Å²) in [6, 6.07) is 8.10. The van der Waals surface area contributed by atoms with Gasteiger partial charge in [0, 0.05) is 12.6 Å². The highest BCUT2D eigenvalue weighted by Crippen LogP contribution is 2.45. The van der Waals surface area contributed by atoms with Gasteiger partial charge in [-0.3, -0.25) is 9.69 Å². The van der Waals surface area contributed by atoms with Gasteiger partial charge in [-0.15, -0.1) is 0 Å². The summed E-state index contributed by atoms with van der Waals surface area (Å²) in [5, 5.41) is 0. The zero-order chi connectivity index (χ0) is 26.1. The zero-order valence-electron chi connectivity index (χ0n) is 19.8. The average Bonchev–Trinajstić information content (AvgIpc) is 3.62. The molecule has 196 valence electrons. The predicted octanol–water partition coefficient (Wildman–Crippen LogP) is 4.70. The summed E-state index contributed by atoms with van der Waals surface area (Å²) in [6.45, 7) is 1.78. The van der Waals surface area contributed by atoms with Gasteiger partial charge in [0.1, 0.15) is 11.6 Å². The minimum atomic E-state index is -4.39. The van der Waals surface area contributed by atoms with Gasteiger partial charge in [-0.1, -0.05) is 18.2 Å². The Kier molecular flexibility index (Phi) is 7.61. The summed E-state index contributed by atoms with van der Waals surface area (Å²) in [4.78, 5) is 14.2. The maximum atomic E-state index is 14.7. The number of alkyl halides is 3. The number of piperidine rings is 1. The number of ether oxygens (including phenoxy) is 1. The first-order chi connectivity index (χ1) is 16.9. The molecule has 1 N–H and O–H groups in total. The second-order valence-corrected chi connectivity index (χ2v) is 11.3. The van der Waals surface area contributed by atoms with Crippen LogP contribution in [0, 0.1) is 11.7 Å². The third kappa shape index (κ3) is 6.76. The maximum absolute atomic E-state index is 14.7. The summed E-state index contributed by atoms with van der Waals surface area (Å²) in [6.07, 6.45) is -0.380. The second-order valence-electron chi connectivity index (χ2n) is 9.53. The number of nitrogens with one attached hydrogen (secondary N) is 1.